The van der Waals surface area contributed by atoms with Crippen LogP contribution in [0.3, 0.4) is 0 Å². The monoisotopic (exact) mass is 360 g/mol. The standard InChI is InChI=1S/C17H16N2O3S2/c1-21-11-6-10(7-12(8-11)22-2)16(20)19-17-18-14-5-4-13(23-3)9-15(14)24-17/h4-9H,1-3H3,(H,18,19,20). The molecule has 5 nitrogen and oxygen atoms in total. The van der Waals surface area contributed by atoms with Crippen LogP contribution in [0.1, 0.15) is 10.4 Å². The fourth-order valence-corrected chi connectivity index (χ4v) is 3.61. The molecule has 0 saturated carbocycles. The number of amides is 1. The molecule has 24 heavy (non-hydrogen) atoms. The number of anilines is 1. The Balaban J connectivity index is 1.86. The van der Waals surface area contributed by atoms with Crippen molar-refractivity contribution in [2.75, 3.05) is 25.8 Å². The molecule has 1 N–H and O–H groups in total. The molecule has 0 spiro atoms. The van der Waals surface area contributed by atoms with Crippen LogP contribution in [0, 0.1) is 0 Å². The summed E-state index contributed by atoms with van der Waals surface area (Å²) < 4.78 is 11.4. The zero-order valence-corrected chi connectivity index (χ0v) is 15.1. The van der Waals surface area contributed by atoms with Crippen molar-refractivity contribution in [3.63, 3.8) is 0 Å². The highest BCUT2D eigenvalue weighted by Gasteiger charge is 2.13. The maximum atomic E-state index is 12.5. The van der Waals surface area contributed by atoms with E-state index in [1.54, 1.807) is 44.2 Å². The van der Waals surface area contributed by atoms with Gasteiger partial charge >= 0.3 is 0 Å². The van der Waals surface area contributed by atoms with Gasteiger partial charge in [-0.3, -0.25) is 10.1 Å². The topological polar surface area (TPSA) is 60.5 Å². The summed E-state index contributed by atoms with van der Waals surface area (Å²) >= 11 is 3.13. The quantitative estimate of drug-likeness (QED) is 0.688. The summed E-state index contributed by atoms with van der Waals surface area (Å²) in [5, 5.41) is 3.40. The minimum Gasteiger partial charge on any atom is -0.497 e. The van der Waals surface area contributed by atoms with E-state index in [1.165, 1.54) is 16.2 Å². The molecule has 0 radical (unpaired) electrons. The van der Waals surface area contributed by atoms with Gasteiger partial charge in [0.2, 0.25) is 0 Å². The molecule has 0 unspecified atom stereocenters. The van der Waals surface area contributed by atoms with Gasteiger partial charge in [0.25, 0.3) is 5.91 Å². The van der Waals surface area contributed by atoms with Gasteiger partial charge in [-0.05, 0) is 36.6 Å². The molecule has 0 bridgehead atoms. The minimum atomic E-state index is -0.253. The predicted octanol–water partition coefficient (Wildman–Crippen LogP) is 4.29. The first-order valence-corrected chi connectivity index (χ1v) is 9.16. The summed E-state index contributed by atoms with van der Waals surface area (Å²) in [6.45, 7) is 0. The van der Waals surface area contributed by atoms with Gasteiger partial charge in [0.15, 0.2) is 5.13 Å². The molecule has 7 heteroatoms. The summed E-state index contributed by atoms with van der Waals surface area (Å²) in [6, 6.07) is 11.1. The van der Waals surface area contributed by atoms with Gasteiger partial charge in [-0.2, -0.15) is 0 Å². The number of fused-ring (bicyclic) bond motifs is 1. The zero-order chi connectivity index (χ0) is 17.1. The predicted molar refractivity (Wildman–Crippen MR) is 98.9 cm³/mol. The minimum absolute atomic E-state index is 0.253. The van der Waals surface area contributed by atoms with Gasteiger partial charge in [-0.25, -0.2) is 4.98 Å². The number of carbonyl (C=O) groups is 1. The molecule has 1 aromatic heterocycles. The molecule has 3 aromatic rings. The number of ether oxygens (including phenoxy) is 2. The average molecular weight is 360 g/mol. The number of methoxy groups -OCH3 is 2. The molecule has 3 rings (SSSR count). The first-order valence-electron chi connectivity index (χ1n) is 7.12. The number of rotatable bonds is 5. The number of hydrogen-bond donors (Lipinski definition) is 1. The van der Waals surface area contributed by atoms with E-state index >= 15 is 0 Å². The Hall–Kier alpha value is -2.25. The molecule has 2 aromatic carbocycles. The summed E-state index contributed by atoms with van der Waals surface area (Å²) in [4.78, 5) is 18.1. The van der Waals surface area contributed by atoms with E-state index < -0.39 is 0 Å². The van der Waals surface area contributed by atoms with Crippen LogP contribution in [0.4, 0.5) is 5.13 Å². The highest BCUT2D eigenvalue weighted by Crippen LogP contribution is 2.30. The maximum Gasteiger partial charge on any atom is 0.257 e. The van der Waals surface area contributed by atoms with Crippen molar-refractivity contribution in [2.24, 2.45) is 0 Å². The second-order valence-corrected chi connectivity index (χ2v) is 6.82. The zero-order valence-electron chi connectivity index (χ0n) is 13.5. The highest BCUT2D eigenvalue weighted by atomic mass is 32.2. The Morgan fingerprint density at radius 2 is 1.83 bits per heavy atom. The van der Waals surface area contributed by atoms with Crippen LogP contribution in [0.2, 0.25) is 0 Å². The van der Waals surface area contributed by atoms with Crippen LogP contribution in [-0.2, 0) is 0 Å². The fourth-order valence-electron chi connectivity index (χ4n) is 2.19. The summed E-state index contributed by atoms with van der Waals surface area (Å²) in [5.74, 6) is 0.873. The fraction of sp³-hybridized carbons (Fsp3) is 0.176. The van der Waals surface area contributed by atoms with Crippen molar-refractivity contribution in [3.8, 4) is 11.5 Å². The third kappa shape index (κ3) is 3.47. The Morgan fingerprint density at radius 1 is 1.12 bits per heavy atom. The number of carbonyl (C=O) groups excluding carboxylic acids is 1. The molecule has 0 atom stereocenters. The van der Waals surface area contributed by atoms with Gasteiger partial charge in [-0.1, -0.05) is 11.3 Å². The van der Waals surface area contributed by atoms with Crippen molar-refractivity contribution in [2.45, 2.75) is 4.90 Å². The number of hydrogen-bond acceptors (Lipinski definition) is 6. The molecule has 0 saturated heterocycles. The van der Waals surface area contributed by atoms with Gasteiger partial charge in [0, 0.05) is 16.5 Å². The second kappa shape index (κ2) is 7.11. The van der Waals surface area contributed by atoms with Crippen LogP contribution in [-0.4, -0.2) is 31.4 Å². The number of aromatic nitrogens is 1. The normalized spacial score (nSPS) is 10.6. The Kier molecular flexibility index (Phi) is 4.92. The van der Waals surface area contributed by atoms with Gasteiger partial charge < -0.3 is 9.47 Å². The number of nitrogens with zero attached hydrogens (tertiary/aromatic N) is 1. The molecule has 1 heterocycles. The summed E-state index contributed by atoms with van der Waals surface area (Å²) in [7, 11) is 3.10. The van der Waals surface area contributed by atoms with E-state index in [-0.39, 0.29) is 5.91 Å². The van der Waals surface area contributed by atoms with Crippen LogP contribution >= 0.6 is 23.1 Å². The lowest BCUT2D eigenvalue weighted by Gasteiger charge is -2.07. The molecule has 0 aliphatic rings. The van der Waals surface area contributed by atoms with Crippen molar-refractivity contribution in [1.29, 1.82) is 0 Å². The maximum absolute atomic E-state index is 12.5. The number of thiazole rings is 1. The van der Waals surface area contributed by atoms with E-state index in [0.29, 0.717) is 22.2 Å². The van der Waals surface area contributed by atoms with E-state index in [2.05, 4.69) is 16.4 Å². The van der Waals surface area contributed by atoms with Crippen LogP contribution < -0.4 is 14.8 Å². The summed E-state index contributed by atoms with van der Waals surface area (Å²) in [6.07, 6.45) is 2.03. The van der Waals surface area contributed by atoms with Crippen LogP contribution in [0.25, 0.3) is 10.2 Å². The SMILES string of the molecule is COc1cc(OC)cc(C(=O)Nc2nc3ccc(SC)cc3s2)c1. The molecule has 1 amide bonds. The summed E-state index contributed by atoms with van der Waals surface area (Å²) in [5.41, 5.74) is 1.33. The molecular weight excluding hydrogens is 344 g/mol. The van der Waals surface area contributed by atoms with E-state index in [1.807, 2.05) is 18.4 Å². The van der Waals surface area contributed by atoms with Crippen molar-refractivity contribution >= 4 is 44.4 Å². The molecule has 0 fully saturated rings. The van der Waals surface area contributed by atoms with E-state index in [9.17, 15) is 4.79 Å². The molecule has 0 aliphatic carbocycles. The van der Waals surface area contributed by atoms with Crippen LogP contribution in [0.15, 0.2) is 41.3 Å². The largest absolute Gasteiger partial charge is 0.497 e. The Bertz CT molecular complexity index is 870. The number of nitrogens with one attached hydrogen (secondary N) is 1. The highest BCUT2D eigenvalue weighted by molar-refractivity contribution is 7.98. The van der Waals surface area contributed by atoms with Gasteiger partial charge in [-0.15, -0.1) is 11.8 Å². The van der Waals surface area contributed by atoms with Crippen molar-refractivity contribution in [3.05, 3.63) is 42.0 Å². The van der Waals surface area contributed by atoms with Crippen molar-refractivity contribution < 1.29 is 14.3 Å². The molecule has 124 valence electrons. The first kappa shape index (κ1) is 16.6. The van der Waals surface area contributed by atoms with E-state index in [0.717, 1.165) is 10.2 Å². The van der Waals surface area contributed by atoms with E-state index in [4.69, 9.17) is 9.47 Å². The van der Waals surface area contributed by atoms with Crippen LogP contribution in [0.5, 0.6) is 11.5 Å². The third-order valence-electron chi connectivity index (χ3n) is 3.43. The smallest absolute Gasteiger partial charge is 0.257 e. The van der Waals surface area contributed by atoms with Gasteiger partial charge in [0.1, 0.15) is 11.5 Å². The lowest BCUT2D eigenvalue weighted by molar-refractivity contribution is 0.102. The second-order valence-electron chi connectivity index (χ2n) is 4.91. The lowest BCUT2D eigenvalue weighted by Crippen LogP contribution is -2.12. The molecular formula is C17H16N2O3S2. The Labute approximate surface area is 148 Å². The third-order valence-corrected chi connectivity index (χ3v) is 5.09. The Morgan fingerprint density at radius 3 is 2.46 bits per heavy atom. The number of benzene rings is 2. The van der Waals surface area contributed by atoms with Gasteiger partial charge in [0.05, 0.1) is 24.4 Å². The first-order chi connectivity index (χ1) is 11.6. The average Bonchev–Trinajstić information content (AvgIpc) is 3.02. The lowest BCUT2D eigenvalue weighted by atomic mass is 10.2. The molecule has 0 aliphatic heterocycles. The van der Waals surface area contributed by atoms with Crippen molar-refractivity contribution in [1.82, 2.24) is 4.98 Å². The number of thioether (sulfide) groups is 1.